The number of nitrogens with zero attached hydrogens (tertiary/aromatic N) is 5. The van der Waals surface area contributed by atoms with E-state index in [0.717, 1.165) is 0 Å². The highest BCUT2D eigenvalue weighted by molar-refractivity contribution is 6.30. The summed E-state index contributed by atoms with van der Waals surface area (Å²) in [6.07, 6.45) is 3.02. The Morgan fingerprint density at radius 2 is 2.25 bits per heavy atom. The molecule has 2 aromatic heterocycles. The Kier molecular flexibility index (Phi) is 2.84. The second kappa shape index (κ2) is 4.29. The fourth-order valence-electron chi connectivity index (χ4n) is 1.01. The fourth-order valence-corrected chi connectivity index (χ4v) is 1.15. The molecule has 2 aromatic rings. The molecule has 16 heavy (non-hydrogen) atoms. The molecule has 0 amide bonds. The molecule has 0 unspecified atom stereocenters. The lowest BCUT2D eigenvalue weighted by molar-refractivity contribution is 0.377. The van der Waals surface area contributed by atoms with Gasteiger partial charge in [0.25, 0.3) is 5.95 Å². The quantitative estimate of drug-likeness (QED) is 0.576. The number of hydrazine groups is 1. The molecule has 2 rings (SSSR count). The maximum atomic E-state index is 5.73. The average Bonchev–Trinajstić information content (AvgIpc) is 2.75. The van der Waals surface area contributed by atoms with E-state index in [1.54, 1.807) is 6.20 Å². The van der Waals surface area contributed by atoms with Gasteiger partial charge in [-0.3, -0.25) is 5.43 Å². The summed E-state index contributed by atoms with van der Waals surface area (Å²) in [5, 5.41) is 4.42. The van der Waals surface area contributed by atoms with Crippen molar-refractivity contribution in [2.45, 2.75) is 0 Å². The lowest BCUT2D eigenvalue weighted by atomic mass is 10.7. The van der Waals surface area contributed by atoms with Gasteiger partial charge in [-0.25, -0.2) is 10.5 Å². The lowest BCUT2D eigenvalue weighted by Crippen LogP contribution is -2.14. The van der Waals surface area contributed by atoms with E-state index in [0.29, 0.717) is 5.02 Å². The minimum Gasteiger partial charge on any atom is -0.467 e. The van der Waals surface area contributed by atoms with Crippen molar-refractivity contribution >= 4 is 17.5 Å². The molecule has 2 heterocycles. The van der Waals surface area contributed by atoms with Crippen LogP contribution in [-0.4, -0.2) is 31.8 Å². The van der Waals surface area contributed by atoms with Crippen LogP contribution in [0.1, 0.15) is 0 Å². The van der Waals surface area contributed by atoms with E-state index in [1.165, 1.54) is 18.0 Å². The summed E-state index contributed by atoms with van der Waals surface area (Å²) in [6.45, 7) is 0. The number of aromatic nitrogens is 5. The topological polar surface area (TPSA) is 104 Å². The molecule has 84 valence electrons. The first-order valence-corrected chi connectivity index (χ1v) is 4.58. The molecule has 0 fully saturated rings. The van der Waals surface area contributed by atoms with Crippen LogP contribution in [0.2, 0.25) is 5.02 Å². The Bertz CT molecular complexity index is 477. The summed E-state index contributed by atoms with van der Waals surface area (Å²) >= 11 is 5.73. The summed E-state index contributed by atoms with van der Waals surface area (Å²) in [4.78, 5) is 11.8. The van der Waals surface area contributed by atoms with E-state index >= 15 is 0 Å². The van der Waals surface area contributed by atoms with Crippen molar-refractivity contribution in [2.75, 3.05) is 12.5 Å². The van der Waals surface area contributed by atoms with Crippen LogP contribution in [-0.2, 0) is 0 Å². The zero-order valence-corrected chi connectivity index (χ0v) is 9.01. The third kappa shape index (κ3) is 2.02. The van der Waals surface area contributed by atoms with Crippen LogP contribution >= 0.6 is 11.6 Å². The van der Waals surface area contributed by atoms with E-state index in [4.69, 9.17) is 22.2 Å². The van der Waals surface area contributed by atoms with Gasteiger partial charge in [-0.2, -0.15) is 20.1 Å². The Balaban J connectivity index is 2.47. The van der Waals surface area contributed by atoms with Gasteiger partial charge >= 0.3 is 6.01 Å². The summed E-state index contributed by atoms with van der Waals surface area (Å²) in [6, 6.07) is 0.129. The number of halogens is 1. The normalized spacial score (nSPS) is 10.2. The van der Waals surface area contributed by atoms with Crippen LogP contribution in [0.25, 0.3) is 5.95 Å². The Labute approximate surface area is 95.4 Å². The number of nitrogens with two attached hydrogens (primary N) is 1. The van der Waals surface area contributed by atoms with Gasteiger partial charge in [0.2, 0.25) is 5.95 Å². The number of methoxy groups -OCH3 is 1. The molecule has 0 spiro atoms. The summed E-state index contributed by atoms with van der Waals surface area (Å²) < 4.78 is 6.28. The smallest absolute Gasteiger partial charge is 0.322 e. The van der Waals surface area contributed by atoms with Crippen LogP contribution in [0.4, 0.5) is 5.95 Å². The van der Waals surface area contributed by atoms with E-state index in [9.17, 15) is 0 Å². The number of nitrogens with one attached hydrogen (secondary N) is 1. The van der Waals surface area contributed by atoms with E-state index < -0.39 is 0 Å². The number of hydrogen-bond acceptors (Lipinski definition) is 7. The van der Waals surface area contributed by atoms with E-state index in [-0.39, 0.29) is 17.9 Å². The van der Waals surface area contributed by atoms with Crippen LogP contribution in [0.5, 0.6) is 6.01 Å². The largest absolute Gasteiger partial charge is 0.467 e. The highest BCUT2D eigenvalue weighted by Gasteiger charge is 2.08. The Morgan fingerprint density at radius 1 is 1.44 bits per heavy atom. The van der Waals surface area contributed by atoms with E-state index in [1.807, 2.05) is 0 Å². The van der Waals surface area contributed by atoms with Crippen molar-refractivity contribution in [1.82, 2.24) is 24.7 Å². The molecule has 0 aliphatic rings. The molecular formula is C7H8ClN7O. The summed E-state index contributed by atoms with van der Waals surface area (Å²) in [5.74, 6) is 5.64. The molecule has 0 aliphatic heterocycles. The second-order valence-electron chi connectivity index (χ2n) is 2.69. The van der Waals surface area contributed by atoms with Crippen LogP contribution < -0.4 is 16.0 Å². The first-order chi connectivity index (χ1) is 7.72. The monoisotopic (exact) mass is 241 g/mol. The number of anilines is 1. The molecule has 0 saturated carbocycles. The second-order valence-corrected chi connectivity index (χ2v) is 3.13. The average molecular weight is 242 g/mol. The first-order valence-electron chi connectivity index (χ1n) is 4.20. The third-order valence-corrected chi connectivity index (χ3v) is 1.87. The number of rotatable bonds is 3. The number of hydrogen-bond donors (Lipinski definition) is 2. The molecule has 0 radical (unpaired) electrons. The molecule has 0 bridgehead atoms. The van der Waals surface area contributed by atoms with Crippen molar-refractivity contribution in [2.24, 2.45) is 5.84 Å². The van der Waals surface area contributed by atoms with Crippen molar-refractivity contribution < 1.29 is 4.74 Å². The molecular weight excluding hydrogens is 234 g/mol. The summed E-state index contributed by atoms with van der Waals surface area (Å²) in [7, 11) is 1.44. The number of ether oxygens (including phenoxy) is 1. The highest BCUT2D eigenvalue weighted by atomic mass is 35.5. The molecule has 8 nitrogen and oxygen atoms in total. The van der Waals surface area contributed by atoms with Gasteiger partial charge in [-0.15, -0.1) is 0 Å². The fraction of sp³-hybridized carbons (Fsp3) is 0.143. The molecule has 9 heteroatoms. The van der Waals surface area contributed by atoms with Gasteiger partial charge < -0.3 is 4.74 Å². The number of nitrogen functional groups attached to an aromatic ring is 1. The van der Waals surface area contributed by atoms with Crippen molar-refractivity contribution in [3.8, 4) is 12.0 Å². The Morgan fingerprint density at radius 3 is 2.81 bits per heavy atom. The molecule has 0 atom stereocenters. The van der Waals surface area contributed by atoms with Crippen LogP contribution in [0.15, 0.2) is 12.4 Å². The van der Waals surface area contributed by atoms with Gasteiger partial charge in [0, 0.05) is 0 Å². The maximum absolute atomic E-state index is 5.73. The van der Waals surface area contributed by atoms with Gasteiger partial charge in [0.15, 0.2) is 0 Å². The predicted molar refractivity (Wildman–Crippen MR) is 56.3 cm³/mol. The van der Waals surface area contributed by atoms with Crippen molar-refractivity contribution in [3.05, 3.63) is 17.4 Å². The van der Waals surface area contributed by atoms with Crippen molar-refractivity contribution in [3.63, 3.8) is 0 Å². The zero-order valence-electron chi connectivity index (χ0n) is 8.25. The van der Waals surface area contributed by atoms with Crippen molar-refractivity contribution in [1.29, 1.82) is 0 Å². The Hall–Kier alpha value is -1.93. The standard InChI is InChI=1S/C7H8ClN7O/c1-16-7-12-5(14-9)11-6(13-7)15-3-4(8)2-10-15/h2-3H,9H2,1H3,(H,11,12,13,14). The third-order valence-electron chi connectivity index (χ3n) is 1.67. The molecule has 0 aliphatic carbocycles. The predicted octanol–water partition coefficient (Wildman–Crippen LogP) is 0.00490. The van der Waals surface area contributed by atoms with Crippen LogP contribution in [0.3, 0.4) is 0 Å². The van der Waals surface area contributed by atoms with Gasteiger partial charge in [-0.1, -0.05) is 11.6 Å². The lowest BCUT2D eigenvalue weighted by Gasteiger charge is -2.04. The maximum Gasteiger partial charge on any atom is 0.322 e. The molecule has 3 N–H and O–H groups in total. The van der Waals surface area contributed by atoms with Crippen LogP contribution in [0, 0.1) is 0 Å². The van der Waals surface area contributed by atoms with Gasteiger partial charge in [0.05, 0.1) is 24.5 Å². The van der Waals surface area contributed by atoms with Gasteiger partial charge in [-0.05, 0) is 0 Å². The first kappa shape index (κ1) is 10.6. The molecule has 0 saturated heterocycles. The highest BCUT2D eigenvalue weighted by Crippen LogP contribution is 2.12. The minimum atomic E-state index is 0.129. The summed E-state index contributed by atoms with van der Waals surface area (Å²) in [5.41, 5.74) is 2.30. The van der Waals surface area contributed by atoms with E-state index in [2.05, 4.69) is 25.5 Å². The SMILES string of the molecule is COc1nc(NN)nc(-n2cc(Cl)cn2)n1. The van der Waals surface area contributed by atoms with Gasteiger partial charge in [0.1, 0.15) is 0 Å². The molecule has 0 aromatic carbocycles. The zero-order chi connectivity index (χ0) is 11.5. The minimum absolute atomic E-state index is 0.129.